The molecule has 3 nitrogen and oxygen atoms in total. The average Bonchev–Trinajstić information content (AvgIpc) is 2.58. The van der Waals surface area contributed by atoms with Crippen molar-refractivity contribution in [3.8, 4) is 11.8 Å². The van der Waals surface area contributed by atoms with Crippen LogP contribution in [-0.4, -0.2) is 31.4 Å². The lowest BCUT2D eigenvalue weighted by molar-refractivity contribution is -0.116. The van der Waals surface area contributed by atoms with E-state index in [0.717, 1.165) is 24.1 Å². The van der Waals surface area contributed by atoms with E-state index in [0.29, 0.717) is 5.02 Å². The van der Waals surface area contributed by atoms with Gasteiger partial charge in [0.1, 0.15) is 0 Å². The number of carbonyl (C=O) groups excluding carboxylic acids is 1. The molecule has 5 heteroatoms. The average molecular weight is 377 g/mol. The summed E-state index contributed by atoms with van der Waals surface area (Å²) in [7, 11) is 4.02. The third kappa shape index (κ3) is 7.62. The Balaban J connectivity index is 0.00000312. The number of halogens is 2. The Morgan fingerprint density at radius 2 is 1.76 bits per heavy atom. The highest BCUT2D eigenvalue weighted by atomic mass is 35.5. The van der Waals surface area contributed by atoms with Crippen LogP contribution in [0.15, 0.2) is 54.6 Å². The maximum Gasteiger partial charge on any atom is 0.296 e. The zero-order valence-electron chi connectivity index (χ0n) is 14.3. The summed E-state index contributed by atoms with van der Waals surface area (Å²) in [6, 6.07) is 16.9. The number of nitrogens with zero attached hydrogens (tertiary/aromatic N) is 1. The first-order chi connectivity index (χ1) is 11.5. The summed E-state index contributed by atoms with van der Waals surface area (Å²) in [4.78, 5) is 14.3. The molecule has 132 valence electrons. The first kappa shape index (κ1) is 21.1. The first-order valence-corrected chi connectivity index (χ1v) is 8.20. The third-order valence-electron chi connectivity index (χ3n) is 3.54. The standard InChI is InChI=1S/C20H21ClN2O.ClH/c1-23(2)15-14-19(17-9-11-18(21)12-10-17)22-20(24)13-8-16-6-4-3-5-7-16;/h3-7,9-12,19H,14-15H2,1-2H3,(H,22,24);1H. The van der Waals surface area contributed by atoms with Gasteiger partial charge in [-0.15, -0.1) is 12.4 Å². The molecule has 0 bridgehead atoms. The molecule has 1 unspecified atom stereocenters. The molecule has 1 N–H and O–H groups in total. The fourth-order valence-electron chi connectivity index (χ4n) is 2.25. The van der Waals surface area contributed by atoms with E-state index in [1.165, 1.54) is 0 Å². The van der Waals surface area contributed by atoms with Crippen molar-refractivity contribution in [1.29, 1.82) is 0 Å². The highest BCUT2D eigenvalue weighted by Gasteiger charge is 2.14. The van der Waals surface area contributed by atoms with Crippen molar-refractivity contribution < 1.29 is 4.79 Å². The second-order valence-electron chi connectivity index (χ2n) is 5.79. The SMILES string of the molecule is CN(C)CCC(NC(=O)C#Cc1ccccc1)c1ccc(Cl)cc1.Cl. The Hall–Kier alpha value is -1.99. The summed E-state index contributed by atoms with van der Waals surface area (Å²) in [5.41, 5.74) is 1.85. The van der Waals surface area contributed by atoms with Crippen molar-refractivity contribution in [3.63, 3.8) is 0 Å². The van der Waals surface area contributed by atoms with Gasteiger partial charge in [-0.1, -0.05) is 47.9 Å². The zero-order valence-corrected chi connectivity index (χ0v) is 15.9. The molecule has 0 heterocycles. The van der Waals surface area contributed by atoms with Crippen LogP contribution in [-0.2, 0) is 4.79 Å². The molecule has 0 spiro atoms. The van der Waals surface area contributed by atoms with E-state index in [-0.39, 0.29) is 24.4 Å². The van der Waals surface area contributed by atoms with Gasteiger partial charge in [-0.3, -0.25) is 4.79 Å². The van der Waals surface area contributed by atoms with Crippen LogP contribution in [0.3, 0.4) is 0 Å². The molecule has 1 atom stereocenters. The second-order valence-corrected chi connectivity index (χ2v) is 6.22. The van der Waals surface area contributed by atoms with Gasteiger partial charge in [-0.2, -0.15) is 0 Å². The van der Waals surface area contributed by atoms with Gasteiger partial charge in [-0.25, -0.2) is 0 Å². The molecule has 0 saturated carbocycles. The molecule has 0 fully saturated rings. The van der Waals surface area contributed by atoms with Crippen molar-refractivity contribution in [1.82, 2.24) is 10.2 Å². The third-order valence-corrected chi connectivity index (χ3v) is 3.79. The van der Waals surface area contributed by atoms with E-state index in [1.54, 1.807) is 0 Å². The quantitative estimate of drug-likeness (QED) is 0.801. The Labute approximate surface area is 160 Å². The van der Waals surface area contributed by atoms with Crippen LogP contribution in [0.2, 0.25) is 5.02 Å². The number of nitrogens with one attached hydrogen (secondary N) is 1. The highest BCUT2D eigenvalue weighted by Crippen LogP contribution is 2.19. The number of hydrogen-bond acceptors (Lipinski definition) is 2. The van der Waals surface area contributed by atoms with Crippen LogP contribution < -0.4 is 5.32 Å². The molecule has 0 aliphatic rings. The molecule has 25 heavy (non-hydrogen) atoms. The zero-order chi connectivity index (χ0) is 17.4. The van der Waals surface area contributed by atoms with Gasteiger partial charge >= 0.3 is 0 Å². The van der Waals surface area contributed by atoms with Crippen LogP contribution in [0.25, 0.3) is 0 Å². The molecule has 0 radical (unpaired) electrons. The van der Waals surface area contributed by atoms with Crippen molar-refractivity contribution in [3.05, 3.63) is 70.7 Å². The fourth-order valence-corrected chi connectivity index (χ4v) is 2.38. The molecule has 2 rings (SSSR count). The monoisotopic (exact) mass is 376 g/mol. The Morgan fingerprint density at radius 3 is 2.36 bits per heavy atom. The normalized spacial score (nSPS) is 11.0. The largest absolute Gasteiger partial charge is 0.338 e. The predicted molar refractivity (Wildman–Crippen MR) is 106 cm³/mol. The van der Waals surface area contributed by atoms with Crippen molar-refractivity contribution in [2.75, 3.05) is 20.6 Å². The van der Waals surface area contributed by atoms with Gasteiger partial charge in [-0.05, 0) is 56.9 Å². The van der Waals surface area contributed by atoms with Gasteiger partial charge in [0.2, 0.25) is 0 Å². The summed E-state index contributed by atoms with van der Waals surface area (Å²) in [5, 5.41) is 3.68. The minimum atomic E-state index is -0.280. The first-order valence-electron chi connectivity index (χ1n) is 7.82. The van der Waals surface area contributed by atoms with Crippen LogP contribution in [0, 0.1) is 11.8 Å². The number of amides is 1. The van der Waals surface area contributed by atoms with Crippen LogP contribution in [0.1, 0.15) is 23.6 Å². The summed E-state index contributed by atoms with van der Waals surface area (Å²) in [6.45, 7) is 0.861. The fraction of sp³-hybridized carbons (Fsp3) is 0.250. The minimum Gasteiger partial charge on any atom is -0.338 e. The van der Waals surface area contributed by atoms with Crippen molar-refractivity contribution in [2.24, 2.45) is 0 Å². The highest BCUT2D eigenvalue weighted by molar-refractivity contribution is 6.30. The summed E-state index contributed by atoms with van der Waals surface area (Å²) in [5.74, 6) is 5.26. The minimum absolute atomic E-state index is 0. The van der Waals surface area contributed by atoms with Gasteiger partial charge in [0.05, 0.1) is 6.04 Å². The maximum absolute atomic E-state index is 12.2. The number of carbonyl (C=O) groups is 1. The Kier molecular flexibility index (Phi) is 9.08. The smallest absolute Gasteiger partial charge is 0.296 e. The van der Waals surface area contributed by atoms with Crippen molar-refractivity contribution >= 4 is 29.9 Å². The van der Waals surface area contributed by atoms with E-state index in [4.69, 9.17) is 11.6 Å². The number of rotatable bonds is 5. The molecule has 2 aromatic carbocycles. The van der Waals surface area contributed by atoms with Gasteiger partial charge in [0, 0.05) is 16.5 Å². The molecular weight excluding hydrogens is 355 g/mol. The predicted octanol–water partition coefficient (Wildman–Crippen LogP) is 3.92. The van der Waals surface area contributed by atoms with E-state index in [2.05, 4.69) is 22.1 Å². The van der Waals surface area contributed by atoms with Crippen molar-refractivity contribution in [2.45, 2.75) is 12.5 Å². The topological polar surface area (TPSA) is 32.3 Å². The molecule has 0 saturated heterocycles. The van der Waals surface area contributed by atoms with E-state index in [1.807, 2.05) is 68.7 Å². The molecular formula is C20H22Cl2N2O. The lowest BCUT2D eigenvalue weighted by Gasteiger charge is -2.20. The van der Waals surface area contributed by atoms with E-state index >= 15 is 0 Å². The molecule has 2 aromatic rings. The second kappa shape index (κ2) is 10.8. The van der Waals surface area contributed by atoms with E-state index < -0.39 is 0 Å². The van der Waals surface area contributed by atoms with Crippen LogP contribution in [0.4, 0.5) is 0 Å². The van der Waals surface area contributed by atoms with Crippen LogP contribution in [0.5, 0.6) is 0 Å². The number of benzene rings is 2. The molecule has 0 aliphatic carbocycles. The van der Waals surface area contributed by atoms with Gasteiger partial charge < -0.3 is 10.2 Å². The lowest BCUT2D eigenvalue weighted by atomic mass is 10.0. The molecule has 0 aliphatic heterocycles. The Morgan fingerprint density at radius 1 is 1.12 bits per heavy atom. The maximum atomic E-state index is 12.2. The summed E-state index contributed by atoms with van der Waals surface area (Å²) >= 11 is 5.95. The Bertz CT molecular complexity index is 719. The van der Waals surface area contributed by atoms with Crippen LogP contribution >= 0.6 is 24.0 Å². The summed E-state index contributed by atoms with van der Waals surface area (Å²) in [6.07, 6.45) is 0.799. The molecule has 1 amide bonds. The summed E-state index contributed by atoms with van der Waals surface area (Å²) < 4.78 is 0. The lowest BCUT2D eigenvalue weighted by Crippen LogP contribution is -2.30. The van der Waals surface area contributed by atoms with Gasteiger partial charge in [0.25, 0.3) is 5.91 Å². The van der Waals surface area contributed by atoms with Gasteiger partial charge in [0.15, 0.2) is 0 Å². The number of hydrogen-bond donors (Lipinski definition) is 1. The van der Waals surface area contributed by atoms with E-state index in [9.17, 15) is 4.79 Å². The molecule has 0 aromatic heterocycles.